The van der Waals surface area contributed by atoms with E-state index < -0.39 is 15.4 Å². The summed E-state index contributed by atoms with van der Waals surface area (Å²) in [5, 5.41) is 3.05. The van der Waals surface area contributed by atoms with Gasteiger partial charge in [-0.2, -0.15) is 4.98 Å². The van der Waals surface area contributed by atoms with E-state index in [1.54, 1.807) is 17.0 Å². The van der Waals surface area contributed by atoms with Crippen molar-refractivity contribution in [1.82, 2.24) is 14.9 Å². The smallest absolute Gasteiger partial charge is 0.410 e. The summed E-state index contributed by atoms with van der Waals surface area (Å²) in [6.07, 6.45) is 3.27. The quantitative estimate of drug-likeness (QED) is 0.685. The van der Waals surface area contributed by atoms with Crippen LogP contribution in [0.4, 0.5) is 22.0 Å². The van der Waals surface area contributed by atoms with Crippen LogP contribution in [-0.4, -0.2) is 60.4 Å². The topological polar surface area (TPSA) is 137 Å². The zero-order chi connectivity index (χ0) is 23.5. The van der Waals surface area contributed by atoms with Gasteiger partial charge in [-0.3, -0.25) is 0 Å². The van der Waals surface area contributed by atoms with Crippen LogP contribution in [0.15, 0.2) is 35.5 Å². The molecule has 1 amide bonds. The van der Waals surface area contributed by atoms with E-state index in [2.05, 4.69) is 15.3 Å². The molecule has 0 radical (unpaired) electrons. The fourth-order valence-corrected chi connectivity index (χ4v) is 3.77. The van der Waals surface area contributed by atoms with Crippen LogP contribution >= 0.6 is 0 Å². The molecule has 2 aromatic rings. The van der Waals surface area contributed by atoms with Gasteiger partial charge >= 0.3 is 6.09 Å². The highest BCUT2D eigenvalue weighted by atomic mass is 32.2. The number of ether oxygens (including phenoxy) is 2. The number of amides is 1. The van der Waals surface area contributed by atoms with Gasteiger partial charge in [0.2, 0.25) is 5.88 Å². The molecule has 1 aromatic carbocycles. The van der Waals surface area contributed by atoms with E-state index in [4.69, 9.17) is 15.2 Å². The van der Waals surface area contributed by atoms with Crippen molar-refractivity contribution in [3.63, 3.8) is 0 Å². The average Bonchev–Trinajstić information content (AvgIpc) is 2.70. The number of aromatic nitrogens is 2. The number of piperidine rings is 1. The second kappa shape index (κ2) is 9.19. The molecular formula is C21H29N5O5S. The molecule has 0 bridgehead atoms. The number of sulfone groups is 1. The van der Waals surface area contributed by atoms with Gasteiger partial charge in [0.1, 0.15) is 23.7 Å². The Morgan fingerprint density at radius 3 is 2.34 bits per heavy atom. The Kier molecular flexibility index (Phi) is 6.77. The normalized spacial score (nSPS) is 15.3. The van der Waals surface area contributed by atoms with Gasteiger partial charge in [0.05, 0.1) is 4.90 Å². The van der Waals surface area contributed by atoms with Crippen LogP contribution in [0, 0.1) is 0 Å². The lowest BCUT2D eigenvalue weighted by Gasteiger charge is -2.33. The van der Waals surface area contributed by atoms with Crippen molar-refractivity contribution in [3.8, 4) is 5.88 Å². The molecule has 0 atom stereocenters. The summed E-state index contributed by atoms with van der Waals surface area (Å²) in [6, 6.07) is 6.27. The van der Waals surface area contributed by atoms with Crippen molar-refractivity contribution >= 4 is 33.1 Å². The van der Waals surface area contributed by atoms with Crippen LogP contribution < -0.4 is 15.8 Å². The summed E-state index contributed by atoms with van der Waals surface area (Å²) < 4.78 is 34.6. The molecule has 1 saturated heterocycles. The largest absolute Gasteiger partial charge is 0.473 e. The van der Waals surface area contributed by atoms with Gasteiger partial charge in [-0.25, -0.2) is 18.2 Å². The van der Waals surface area contributed by atoms with Crippen molar-refractivity contribution in [1.29, 1.82) is 0 Å². The van der Waals surface area contributed by atoms with Crippen LogP contribution in [0.2, 0.25) is 0 Å². The SMILES string of the molecule is CC(C)(C)OC(=O)N1CCC(Oc2ncnc(Nc3ccc(S(C)(=O)=O)cc3)c2N)CC1. The summed E-state index contributed by atoms with van der Waals surface area (Å²) in [6.45, 7) is 6.55. The van der Waals surface area contributed by atoms with Crippen LogP contribution in [0.1, 0.15) is 33.6 Å². The summed E-state index contributed by atoms with van der Waals surface area (Å²) in [5.41, 5.74) is 6.54. The number of likely N-dealkylation sites (tertiary alicyclic amines) is 1. The Hall–Kier alpha value is -3.08. The molecule has 10 nitrogen and oxygen atoms in total. The molecule has 1 aromatic heterocycles. The summed E-state index contributed by atoms with van der Waals surface area (Å²) >= 11 is 0. The number of anilines is 3. The first kappa shape index (κ1) is 23.6. The minimum Gasteiger partial charge on any atom is -0.473 e. The number of carbonyl (C=O) groups is 1. The summed E-state index contributed by atoms with van der Waals surface area (Å²) in [5.74, 6) is 0.610. The number of nitrogens with zero attached hydrogens (tertiary/aromatic N) is 3. The minimum absolute atomic E-state index is 0.146. The van der Waals surface area contributed by atoms with Gasteiger partial charge in [0.25, 0.3) is 0 Å². The minimum atomic E-state index is -3.27. The second-order valence-corrected chi connectivity index (χ2v) is 10.7. The Morgan fingerprint density at radius 2 is 1.78 bits per heavy atom. The lowest BCUT2D eigenvalue weighted by molar-refractivity contribution is 0.0123. The molecule has 0 aliphatic carbocycles. The number of rotatable bonds is 5. The lowest BCUT2D eigenvalue weighted by atomic mass is 10.1. The number of nitrogen functional groups attached to an aromatic ring is 1. The van der Waals surface area contributed by atoms with Gasteiger partial charge in [-0.1, -0.05) is 0 Å². The number of nitrogens with two attached hydrogens (primary N) is 1. The highest BCUT2D eigenvalue weighted by Gasteiger charge is 2.28. The van der Waals surface area contributed by atoms with Crippen molar-refractivity contribution in [3.05, 3.63) is 30.6 Å². The molecule has 174 valence electrons. The molecule has 0 saturated carbocycles. The lowest BCUT2D eigenvalue weighted by Crippen LogP contribution is -2.44. The van der Waals surface area contributed by atoms with E-state index in [1.165, 1.54) is 18.5 Å². The predicted molar refractivity (Wildman–Crippen MR) is 121 cm³/mol. The molecule has 2 heterocycles. The standard InChI is InChI=1S/C21H29N5O5S/c1-21(2,3)31-20(27)26-11-9-15(10-12-26)30-19-17(22)18(23-13-24-19)25-14-5-7-16(8-6-14)32(4,28)29/h5-8,13,15H,9-12,22H2,1-4H3,(H,23,24,25). The van der Waals surface area contributed by atoms with E-state index in [0.717, 1.165) is 6.26 Å². The number of hydrogen-bond acceptors (Lipinski definition) is 9. The Bertz CT molecular complexity index is 1060. The maximum absolute atomic E-state index is 12.2. The van der Waals surface area contributed by atoms with Crippen LogP contribution in [-0.2, 0) is 14.6 Å². The monoisotopic (exact) mass is 463 g/mol. The Morgan fingerprint density at radius 1 is 1.16 bits per heavy atom. The average molecular weight is 464 g/mol. The van der Waals surface area contributed by atoms with E-state index in [0.29, 0.717) is 37.4 Å². The van der Waals surface area contributed by atoms with E-state index in [9.17, 15) is 13.2 Å². The third-order valence-corrected chi connectivity index (χ3v) is 5.89. The highest BCUT2D eigenvalue weighted by Crippen LogP contribution is 2.30. The first-order chi connectivity index (χ1) is 14.9. The molecular weight excluding hydrogens is 434 g/mol. The number of hydrogen-bond donors (Lipinski definition) is 2. The fourth-order valence-electron chi connectivity index (χ4n) is 3.14. The van der Waals surface area contributed by atoms with Gasteiger partial charge in [-0.05, 0) is 45.0 Å². The molecule has 0 spiro atoms. The maximum Gasteiger partial charge on any atom is 0.410 e. The number of benzene rings is 1. The summed E-state index contributed by atoms with van der Waals surface area (Å²) in [4.78, 5) is 22.4. The van der Waals surface area contributed by atoms with Gasteiger partial charge in [-0.15, -0.1) is 0 Å². The zero-order valence-electron chi connectivity index (χ0n) is 18.7. The first-order valence-corrected chi connectivity index (χ1v) is 12.1. The predicted octanol–water partition coefficient (Wildman–Crippen LogP) is 2.98. The molecule has 1 aliphatic rings. The third kappa shape index (κ3) is 6.22. The van der Waals surface area contributed by atoms with Crippen LogP contribution in [0.25, 0.3) is 0 Å². The second-order valence-electron chi connectivity index (χ2n) is 8.65. The van der Waals surface area contributed by atoms with Crippen LogP contribution in [0.3, 0.4) is 0 Å². The molecule has 1 aliphatic heterocycles. The first-order valence-electron chi connectivity index (χ1n) is 10.2. The Labute approximate surface area is 188 Å². The van der Waals surface area contributed by atoms with Gasteiger partial charge < -0.3 is 25.4 Å². The van der Waals surface area contributed by atoms with E-state index in [1.807, 2.05) is 20.8 Å². The van der Waals surface area contributed by atoms with Crippen LogP contribution in [0.5, 0.6) is 5.88 Å². The molecule has 3 rings (SSSR count). The molecule has 32 heavy (non-hydrogen) atoms. The fraction of sp³-hybridized carbons (Fsp3) is 0.476. The Balaban J connectivity index is 1.61. The highest BCUT2D eigenvalue weighted by molar-refractivity contribution is 7.90. The molecule has 0 unspecified atom stereocenters. The van der Waals surface area contributed by atoms with Crippen molar-refractivity contribution in [2.75, 3.05) is 30.4 Å². The third-order valence-electron chi connectivity index (χ3n) is 4.76. The van der Waals surface area contributed by atoms with Gasteiger partial charge in [0, 0.05) is 37.9 Å². The van der Waals surface area contributed by atoms with E-state index in [-0.39, 0.29) is 28.7 Å². The molecule has 11 heteroatoms. The van der Waals surface area contributed by atoms with Crippen molar-refractivity contribution in [2.24, 2.45) is 0 Å². The number of nitrogens with one attached hydrogen (secondary N) is 1. The van der Waals surface area contributed by atoms with Crippen molar-refractivity contribution in [2.45, 2.75) is 50.2 Å². The zero-order valence-corrected chi connectivity index (χ0v) is 19.5. The number of carbonyl (C=O) groups excluding carboxylic acids is 1. The molecule has 1 fully saturated rings. The maximum atomic E-state index is 12.2. The molecule has 3 N–H and O–H groups in total. The van der Waals surface area contributed by atoms with Gasteiger partial charge in [0.15, 0.2) is 15.7 Å². The van der Waals surface area contributed by atoms with E-state index >= 15 is 0 Å². The summed E-state index contributed by atoms with van der Waals surface area (Å²) in [7, 11) is -3.27. The van der Waals surface area contributed by atoms with Crippen molar-refractivity contribution < 1.29 is 22.7 Å².